The molecule has 0 saturated carbocycles. The first-order valence-corrected chi connectivity index (χ1v) is 6.03. The molecule has 0 radical (unpaired) electrons. The van der Waals surface area contributed by atoms with Crippen molar-refractivity contribution in [2.75, 3.05) is 0 Å². The monoisotopic (exact) mass is 281 g/mol. The molecule has 2 nitrogen and oxygen atoms in total. The van der Waals surface area contributed by atoms with Crippen LogP contribution in [0.15, 0.2) is 24.3 Å². The van der Waals surface area contributed by atoms with Crippen LogP contribution in [0.2, 0.25) is 0 Å². The minimum atomic E-state index is -4.39. The van der Waals surface area contributed by atoms with Crippen LogP contribution < -0.4 is 5.32 Å². The highest BCUT2D eigenvalue weighted by Gasteiger charge is 2.34. The molecule has 0 aliphatic carbocycles. The summed E-state index contributed by atoms with van der Waals surface area (Å²) in [5.41, 5.74) is -0.343. The molecule has 2 rings (SSSR count). The van der Waals surface area contributed by atoms with E-state index in [1.54, 1.807) is 0 Å². The number of amides is 1. The van der Waals surface area contributed by atoms with Gasteiger partial charge in [0.1, 0.15) is 5.37 Å². The summed E-state index contributed by atoms with van der Waals surface area (Å²) in [6, 6.07) is 4.85. The fourth-order valence-corrected chi connectivity index (χ4v) is 2.74. The first-order valence-electron chi connectivity index (χ1n) is 4.65. The number of alkyl halides is 4. The standard InChI is InChI=1S/C10H7ClF3NOS/c11-7-8(16)15-9(17-7)5-2-1-3-6(4-5)10(12,13)14/h1-4,7,9H,(H,15,16). The van der Waals surface area contributed by atoms with Crippen molar-refractivity contribution in [1.82, 2.24) is 5.32 Å². The van der Waals surface area contributed by atoms with E-state index in [0.29, 0.717) is 5.56 Å². The van der Waals surface area contributed by atoms with Crippen LogP contribution in [0.4, 0.5) is 13.2 Å². The lowest BCUT2D eigenvalue weighted by molar-refractivity contribution is -0.137. The second-order valence-electron chi connectivity index (χ2n) is 3.46. The lowest BCUT2D eigenvalue weighted by atomic mass is 10.1. The number of carbonyl (C=O) groups is 1. The molecular weight excluding hydrogens is 275 g/mol. The molecule has 0 bridgehead atoms. The van der Waals surface area contributed by atoms with Crippen LogP contribution in [0, 0.1) is 0 Å². The molecule has 1 heterocycles. The Bertz CT molecular complexity index is 451. The Morgan fingerprint density at radius 2 is 2.06 bits per heavy atom. The van der Waals surface area contributed by atoms with Crippen molar-refractivity contribution in [3.05, 3.63) is 35.4 Å². The van der Waals surface area contributed by atoms with E-state index in [0.717, 1.165) is 23.9 Å². The molecule has 1 aromatic carbocycles. The van der Waals surface area contributed by atoms with Gasteiger partial charge in [0.25, 0.3) is 0 Å². The molecule has 2 unspecified atom stereocenters. The molecule has 7 heteroatoms. The van der Waals surface area contributed by atoms with E-state index in [4.69, 9.17) is 11.6 Å². The Balaban J connectivity index is 2.26. The molecule has 1 saturated heterocycles. The zero-order valence-electron chi connectivity index (χ0n) is 8.29. The number of rotatable bonds is 1. The Morgan fingerprint density at radius 3 is 2.59 bits per heavy atom. The predicted molar refractivity (Wildman–Crippen MR) is 59.6 cm³/mol. The van der Waals surface area contributed by atoms with Crippen molar-refractivity contribution in [2.24, 2.45) is 0 Å². The second-order valence-corrected chi connectivity index (χ2v) is 5.37. The highest BCUT2D eigenvalue weighted by molar-refractivity contribution is 8.02. The number of carbonyl (C=O) groups excluding carboxylic acids is 1. The molecule has 1 N–H and O–H groups in total. The van der Waals surface area contributed by atoms with Gasteiger partial charge in [0, 0.05) is 0 Å². The van der Waals surface area contributed by atoms with Crippen LogP contribution in [0.3, 0.4) is 0 Å². The van der Waals surface area contributed by atoms with Gasteiger partial charge in [-0.05, 0) is 17.7 Å². The Kier molecular flexibility index (Phi) is 3.27. The van der Waals surface area contributed by atoms with E-state index >= 15 is 0 Å². The van der Waals surface area contributed by atoms with Gasteiger partial charge in [0.05, 0.1) is 5.56 Å². The molecule has 17 heavy (non-hydrogen) atoms. The van der Waals surface area contributed by atoms with Crippen LogP contribution in [-0.2, 0) is 11.0 Å². The summed E-state index contributed by atoms with van der Waals surface area (Å²) in [5, 5.41) is 2.00. The number of thioether (sulfide) groups is 1. The fraction of sp³-hybridized carbons (Fsp3) is 0.300. The molecule has 92 valence electrons. The molecule has 0 spiro atoms. The first-order chi connectivity index (χ1) is 7.88. The normalized spacial score (nSPS) is 24.8. The minimum absolute atomic E-state index is 0.376. The Hall–Kier alpha value is -0.880. The summed E-state index contributed by atoms with van der Waals surface area (Å²) in [7, 11) is 0. The van der Waals surface area contributed by atoms with Crippen LogP contribution in [0.1, 0.15) is 16.5 Å². The van der Waals surface area contributed by atoms with Gasteiger partial charge in [-0.25, -0.2) is 0 Å². The van der Waals surface area contributed by atoms with Gasteiger partial charge in [-0.2, -0.15) is 13.2 Å². The van der Waals surface area contributed by atoms with Crippen molar-refractivity contribution < 1.29 is 18.0 Å². The second kappa shape index (κ2) is 4.42. The van der Waals surface area contributed by atoms with Crippen molar-refractivity contribution in [3.8, 4) is 0 Å². The van der Waals surface area contributed by atoms with Crippen molar-refractivity contribution in [3.63, 3.8) is 0 Å². The van der Waals surface area contributed by atoms with E-state index in [2.05, 4.69) is 5.32 Å². The molecular formula is C10H7ClF3NOS. The number of halogens is 4. The molecule has 0 aromatic heterocycles. The fourth-order valence-electron chi connectivity index (χ4n) is 1.45. The summed E-state index contributed by atoms with van der Waals surface area (Å²) in [4.78, 5) is 11.2. The Labute approximate surface area is 105 Å². The topological polar surface area (TPSA) is 29.1 Å². The zero-order valence-corrected chi connectivity index (χ0v) is 9.86. The van der Waals surface area contributed by atoms with Crippen molar-refractivity contribution in [1.29, 1.82) is 0 Å². The van der Waals surface area contributed by atoms with Crippen LogP contribution >= 0.6 is 23.4 Å². The molecule has 1 aliphatic heterocycles. The highest BCUT2D eigenvalue weighted by atomic mass is 35.5. The van der Waals surface area contributed by atoms with Gasteiger partial charge >= 0.3 is 6.18 Å². The third-order valence-corrected chi connectivity index (χ3v) is 3.87. The number of nitrogens with one attached hydrogen (secondary N) is 1. The lowest BCUT2D eigenvalue weighted by Crippen LogP contribution is -2.21. The average Bonchev–Trinajstić information content (AvgIpc) is 2.58. The van der Waals surface area contributed by atoms with E-state index in [-0.39, 0.29) is 5.91 Å². The number of hydrogen-bond acceptors (Lipinski definition) is 2. The third kappa shape index (κ3) is 2.69. The van der Waals surface area contributed by atoms with Gasteiger partial charge in [0.2, 0.25) is 5.91 Å². The maximum absolute atomic E-state index is 12.5. The van der Waals surface area contributed by atoms with E-state index in [1.807, 2.05) is 0 Å². The summed E-state index contributed by atoms with van der Waals surface area (Å²) in [6.07, 6.45) is -4.39. The summed E-state index contributed by atoms with van der Waals surface area (Å²) < 4.78 is 36.7. The molecule has 1 fully saturated rings. The van der Waals surface area contributed by atoms with E-state index in [1.165, 1.54) is 12.1 Å². The maximum atomic E-state index is 12.5. The van der Waals surface area contributed by atoms with E-state index < -0.39 is 21.8 Å². The molecule has 2 atom stereocenters. The van der Waals surface area contributed by atoms with Crippen molar-refractivity contribution >= 4 is 29.3 Å². The van der Waals surface area contributed by atoms with Gasteiger partial charge < -0.3 is 5.32 Å². The molecule has 1 aromatic rings. The number of benzene rings is 1. The van der Waals surface area contributed by atoms with Gasteiger partial charge in [-0.15, -0.1) is 23.4 Å². The van der Waals surface area contributed by atoms with Gasteiger partial charge in [-0.1, -0.05) is 12.1 Å². The van der Waals surface area contributed by atoms with Crippen molar-refractivity contribution in [2.45, 2.75) is 16.3 Å². The average molecular weight is 282 g/mol. The van der Waals surface area contributed by atoms with Crippen LogP contribution in [0.25, 0.3) is 0 Å². The van der Waals surface area contributed by atoms with Gasteiger partial charge in [-0.3, -0.25) is 4.79 Å². The van der Waals surface area contributed by atoms with Gasteiger partial charge in [0.15, 0.2) is 4.71 Å². The molecule has 1 amide bonds. The third-order valence-electron chi connectivity index (χ3n) is 2.25. The summed E-state index contributed by atoms with van der Waals surface area (Å²) in [5.74, 6) is -0.376. The quantitative estimate of drug-likeness (QED) is 0.801. The SMILES string of the molecule is O=C1NC(c2cccc(C(F)(F)F)c2)SC1Cl. The number of hydrogen-bond donors (Lipinski definition) is 1. The molecule has 1 aliphatic rings. The summed E-state index contributed by atoms with van der Waals surface area (Å²) >= 11 is 6.75. The van der Waals surface area contributed by atoms with Crippen LogP contribution in [0.5, 0.6) is 0 Å². The smallest absolute Gasteiger partial charge is 0.338 e. The summed E-state index contributed by atoms with van der Waals surface area (Å²) in [6.45, 7) is 0. The van der Waals surface area contributed by atoms with Crippen LogP contribution in [-0.4, -0.2) is 10.6 Å². The maximum Gasteiger partial charge on any atom is 0.416 e. The minimum Gasteiger partial charge on any atom is -0.338 e. The Morgan fingerprint density at radius 1 is 1.35 bits per heavy atom. The largest absolute Gasteiger partial charge is 0.416 e. The first kappa shape index (κ1) is 12.6. The highest BCUT2D eigenvalue weighted by Crippen LogP contribution is 2.39. The van der Waals surface area contributed by atoms with E-state index in [9.17, 15) is 18.0 Å². The lowest BCUT2D eigenvalue weighted by Gasteiger charge is -2.12. The zero-order chi connectivity index (χ0) is 12.6. The predicted octanol–water partition coefficient (Wildman–Crippen LogP) is 3.13.